The molecule has 0 bridgehead atoms. The van der Waals surface area contributed by atoms with Gasteiger partial charge in [-0.25, -0.2) is 0 Å². The van der Waals surface area contributed by atoms with Gasteiger partial charge in [-0.15, -0.1) is 0 Å². The van der Waals surface area contributed by atoms with Crippen LogP contribution in [0.1, 0.15) is 6.42 Å². The molecule has 102 valence electrons. The van der Waals surface area contributed by atoms with Gasteiger partial charge < -0.3 is 20.1 Å². The van der Waals surface area contributed by atoms with Gasteiger partial charge in [0.25, 0.3) is 0 Å². The van der Waals surface area contributed by atoms with Crippen LogP contribution >= 0.6 is 0 Å². The molecule has 0 saturated carbocycles. The molecule has 2 rings (SSSR count). The number of carbonyl (C=O) groups is 2. The second-order valence-electron chi connectivity index (χ2n) is 4.35. The molecule has 1 heterocycles. The molecule has 19 heavy (non-hydrogen) atoms. The van der Waals surface area contributed by atoms with Crippen LogP contribution in [0, 0.1) is 5.92 Å². The van der Waals surface area contributed by atoms with Gasteiger partial charge in [-0.3, -0.25) is 9.59 Å². The topological polar surface area (TPSA) is 81.9 Å². The smallest absolute Gasteiger partial charge is 0.227 e. The molecular weight excluding hydrogens is 248 g/mol. The van der Waals surface area contributed by atoms with E-state index in [1.54, 1.807) is 25.3 Å². The molecule has 2 amide bonds. The Morgan fingerprint density at radius 2 is 2.00 bits per heavy atom. The van der Waals surface area contributed by atoms with Crippen LogP contribution in [0.5, 0.6) is 11.5 Å². The highest BCUT2D eigenvalue weighted by molar-refractivity contribution is 6.00. The molecule has 6 nitrogen and oxygen atoms in total. The third-order valence-electron chi connectivity index (χ3n) is 3.21. The lowest BCUT2D eigenvalue weighted by molar-refractivity contribution is -0.123. The van der Waals surface area contributed by atoms with Crippen molar-refractivity contribution in [2.45, 2.75) is 6.42 Å². The zero-order valence-corrected chi connectivity index (χ0v) is 10.9. The molecule has 6 heteroatoms. The van der Waals surface area contributed by atoms with Gasteiger partial charge in [-0.05, 0) is 12.1 Å². The van der Waals surface area contributed by atoms with E-state index in [2.05, 4.69) is 0 Å². The quantitative estimate of drug-likeness (QED) is 0.860. The summed E-state index contributed by atoms with van der Waals surface area (Å²) in [5, 5.41) is 0. The van der Waals surface area contributed by atoms with Crippen molar-refractivity contribution in [3.63, 3.8) is 0 Å². The molecule has 1 aliphatic heterocycles. The van der Waals surface area contributed by atoms with Gasteiger partial charge in [0, 0.05) is 24.7 Å². The summed E-state index contributed by atoms with van der Waals surface area (Å²) in [7, 11) is 3.07. The Morgan fingerprint density at radius 1 is 1.32 bits per heavy atom. The second-order valence-corrected chi connectivity index (χ2v) is 4.35. The average molecular weight is 264 g/mol. The molecular formula is C13H16N2O4. The van der Waals surface area contributed by atoms with Gasteiger partial charge in [0.1, 0.15) is 0 Å². The number of carbonyl (C=O) groups excluding carboxylic acids is 2. The van der Waals surface area contributed by atoms with Gasteiger partial charge in [-0.2, -0.15) is 0 Å². The molecule has 0 aliphatic carbocycles. The largest absolute Gasteiger partial charge is 0.493 e. The van der Waals surface area contributed by atoms with Crippen molar-refractivity contribution in [2.75, 3.05) is 25.7 Å². The highest BCUT2D eigenvalue weighted by Gasteiger charge is 2.34. The number of rotatable bonds is 4. The van der Waals surface area contributed by atoms with E-state index in [1.165, 1.54) is 12.0 Å². The minimum absolute atomic E-state index is 0.115. The van der Waals surface area contributed by atoms with Crippen molar-refractivity contribution in [3.05, 3.63) is 18.2 Å². The molecule has 1 fully saturated rings. The first-order valence-corrected chi connectivity index (χ1v) is 5.88. The number of hydrogen-bond acceptors (Lipinski definition) is 4. The number of amides is 2. The first kappa shape index (κ1) is 13.2. The van der Waals surface area contributed by atoms with E-state index < -0.39 is 11.8 Å². The minimum atomic E-state index is -0.448. The zero-order chi connectivity index (χ0) is 14.0. The summed E-state index contributed by atoms with van der Waals surface area (Å²) in [6, 6.07) is 5.18. The van der Waals surface area contributed by atoms with Crippen LogP contribution in [0.4, 0.5) is 5.69 Å². The summed E-state index contributed by atoms with van der Waals surface area (Å²) in [6.07, 6.45) is 0.156. The predicted octanol–water partition coefficient (Wildman–Crippen LogP) is 0.542. The molecule has 0 unspecified atom stereocenters. The molecule has 0 radical (unpaired) electrons. The predicted molar refractivity (Wildman–Crippen MR) is 69.2 cm³/mol. The fourth-order valence-electron chi connectivity index (χ4n) is 2.14. The lowest BCUT2D eigenvalue weighted by atomic mass is 10.1. The number of methoxy groups -OCH3 is 2. The van der Waals surface area contributed by atoms with Crippen molar-refractivity contribution in [3.8, 4) is 11.5 Å². The first-order valence-electron chi connectivity index (χ1n) is 5.88. The van der Waals surface area contributed by atoms with E-state index in [9.17, 15) is 9.59 Å². The lowest BCUT2D eigenvalue weighted by Gasteiger charge is -2.18. The standard InChI is InChI=1S/C13H16N2O4/c1-18-10-4-3-9(6-11(10)19-2)15-7-8(13(14)17)5-12(15)16/h3-4,6,8H,5,7H2,1-2H3,(H2,14,17)/t8-/m0/s1. The molecule has 1 atom stereocenters. The van der Waals surface area contributed by atoms with Gasteiger partial charge in [0.05, 0.1) is 20.1 Å². The van der Waals surface area contributed by atoms with Gasteiger partial charge in [0.2, 0.25) is 11.8 Å². The van der Waals surface area contributed by atoms with Crippen molar-refractivity contribution in [1.29, 1.82) is 0 Å². The van der Waals surface area contributed by atoms with Gasteiger partial charge in [0.15, 0.2) is 11.5 Å². The van der Waals surface area contributed by atoms with Crippen molar-refractivity contribution < 1.29 is 19.1 Å². The minimum Gasteiger partial charge on any atom is -0.493 e. The van der Waals surface area contributed by atoms with Crippen LogP contribution in [-0.4, -0.2) is 32.6 Å². The van der Waals surface area contributed by atoms with E-state index in [0.29, 0.717) is 23.7 Å². The molecule has 1 aliphatic rings. The van der Waals surface area contributed by atoms with Crippen molar-refractivity contribution >= 4 is 17.5 Å². The molecule has 0 spiro atoms. The summed E-state index contributed by atoms with van der Waals surface area (Å²) >= 11 is 0. The Bertz CT molecular complexity index is 515. The maximum absolute atomic E-state index is 11.9. The van der Waals surface area contributed by atoms with Crippen LogP contribution in [0.2, 0.25) is 0 Å². The van der Waals surface area contributed by atoms with Crippen LogP contribution in [0.3, 0.4) is 0 Å². The van der Waals surface area contributed by atoms with E-state index in [1.807, 2.05) is 0 Å². The number of primary amides is 1. The van der Waals surface area contributed by atoms with Gasteiger partial charge in [-0.1, -0.05) is 0 Å². The number of hydrogen-bond donors (Lipinski definition) is 1. The summed E-state index contributed by atoms with van der Waals surface area (Å²) in [4.78, 5) is 24.6. The Kier molecular flexibility index (Phi) is 3.59. The van der Waals surface area contributed by atoms with Crippen molar-refractivity contribution in [1.82, 2.24) is 0 Å². The van der Waals surface area contributed by atoms with Gasteiger partial charge >= 0.3 is 0 Å². The number of benzene rings is 1. The second kappa shape index (κ2) is 5.17. The normalized spacial score (nSPS) is 18.5. The molecule has 1 aromatic rings. The number of nitrogens with zero attached hydrogens (tertiary/aromatic N) is 1. The Hall–Kier alpha value is -2.24. The van der Waals surface area contributed by atoms with Crippen LogP contribution in [0.15, 0.2) is 18.2 Å². The molecule has 1 aromatic carbocycles. The third kappa shape index (κ3) is 2.47. The first-order chi connectivity index (χ1) is 9.06. The monoisotopic (exact) mass is 264 g/mol. The fraction of sp³-hybridized carbons (Fsp3) is 0.385. The summed E-state index contributed by atoms with van der Waals surface area (Å²) in [5.74, 6) is 0.132. The Labute approximate surface area is 111 Å². The Morgan fingerprint density at radius 3 is 2.53 bits per heavy atom. The van der Waals surface area contributed by atoms with Crippen LogP contribution < -0.4 is 20.1 Å². The summed E-state index contributed by atoms with van der Waals surface area (Å²) in [5.41, 5.74) is 5.91. The molecule has 1 saturated heterocycles. The summed E-state index contributed by atoms with van der Waals surface area (Å²) < 4.78 is 10.3. The SMILES string of the molecule is COc1ccc(N2C[C@@H](C(N)=O)CC2=O)cc1OC. The Balaban J connectivity index is 2.27. The highest BCUT2D eigenvalue weighted by Crippen LogP contribution is 2.33. The average Bonchev–Trinajstić information content (AvgIpc) is 2.80. The van der Waals surface area contributed by atoms with E-state index in [-0.39, 0.29) is 12.3 Å². The molecule has 0 aromatic heterocycles. The van der Waals surface area contributed by atoms with Crippen molar-refractivity contribution in [2.24, 2.45) is 11.7 Å². The fourth-order valence-corrected chi connectivity index (χ4v) is 2.14. The maximum Gasteiger partial charge on any atom is 0.227 e. The highest BCUT2D eigenvalue weighted by atomic mass is 16.5. The van der Waals surface area contributed by atoms with E-state index >= 15 is 0 Å². The maximum atomic E-state index is 11.9. The lowest BCUT2D eigenvalue weighted by Crippen LogP contribution is -2.28. The number of nitrogens with two attached hydrogens (primary N) is 1. The summed E-state index contributed by atoms with van der Waals surface area (Å²) in [6.45, 7) is 0.309. The van der Waals surface area contributed by atoms with Crippen LogP contribution in [-0.2, 0) is 9.59 Å². The third-order valence-corrected chi connectivity index (χ3v) is 3.21. The molecule has 2 N–H and O–H groups in total. The van der Waals surface area contributed by atoms with Crippen LogP contribution in [0.25, 0.3) is 0 Å². The number of ether oxygens (including phenoxy) is 2. The van der Waals surface area contributed by atoms with E-state index in [4.69, 9.17) is 15.2 Å². The van der Waals surface area contributed by atoms with E-state index in [0.717, 1.165) is 0 Å². The zero-order valence-electron chi connectivity index (χ0n) is 10.9. The number of anilines is 1.